The van der Waals surface area contributed by atoms with Crippen molar-refractivity contribution in [3.05, 3.63) is 35.9 Å². The summed E-state index contributed by atoms with van der Waals surface area (Å²) in [7, 11) is 0. The molecule has 1 unspecified atom stereocenters. The van der Waals surface area contributed by atoms with E-state index < -0.39 is 12.2 Å². The maximum Gasteiger partial charge on any atom is 0.404 e. The third-order valence-electron chi connectivity index (χ3n) is 1.88. The van der Waals surface area contributed by atoms with Crippen LogP contribution in [0.5, 0.6) is 0 Å². The minimum atomic E-state index is -1.16. The lowest BCUT2D eigenvalue weighted by atomic mass is 10.2. The molecule has 0 aliphatic carbocycles. The number of amides is 1. The Hall–Kier alpha value is -2.06. The normalized spacial score (nSPS) is 11.4. The molecule has 1 amide bonds. The molecule has 0 spiro atoms. The topological polar surface area (TPSA) is 82.4 Å². The van der Waals surface area contributed by atoms with Crippen molar-refractivity contribution in [3.8, 4) is 6.07 Å². The van der Waals surface area contributed by atoms with E-state index in [1.807, 2.05) is 36.4 Å². The SMILES string of the molecule is N#CC(CNC(=O)O)OCc1ccccc1. The van der Waals surface area contributed by atoms with Crippen LogP contribution in [0.2, 0.25) is 0 Å². The van der Waals surface area contributed by atoms with E-state index in [9.17, 15) is 4.79 Å². The van der Waals surface area contributed by atoms with Gasteiger partial charge in [-0.25, -0.2) is 4.79 Å². The molecule has 5 heteroatoms. The molecule has 1 rings (SSSR count). The molecule has 0 aromatic heterocycles. The van der Waals surface area contributed by atoms with E-state index in [1.54, 1.807) is 0 Å². The van der Waals surface area contributed by atoms with Crippen molar-refractivity contribution in [1.29, 1.82) is 5.26 Å². The van der Waals surface area contributed by atoms with Crippen LogP contribution >= 0.6 is 0 Å². The number of hydrogen-bond acceptors (Lipinski definition) is 3. The summed E-state index contributed by atoms with van der Waals surface area (Å²) in [5.41, 5.74) is 0.943. The fourth-order valence-electron chi connectivity index (χ4n) is 1.09. The van der Waals surface area contributed by atoms with E-state index in [0.717, 1.165) is 5.56 Å². The van der Waals surface area contributed by atoms with Crippen molar-refractivity contribution in [2.24, 2.45) is 0 Å². The standard InChI is InChI=1S/C11H12N2O3/c12-6-10(7-13-11(14)15)16-8-9-4-2-1-3-5-9/h1-5,10,13H,7-8H2,(H,14,15). The van der Waals surface area contributed by atoms with E-state index in [4.69, 9.17) is 15.1 Å². The minimum Gasteiger partial charge on any atom is -0.465 e. The molecular weight excluding hydrogens is 208 g/mol. The highest BCUT2D eigenvalue weighted by Gasteiger charge is 2.08. The second-order valence-corrected chi connectivity index (χ2v) is 3.10. The number of carbonyl (C=O) groups is 1. The van der Waals surface area contributed by atoms with E-state index in [-0.39, 0.29) is 6.54 Å². The van der Waals surface area contributed by atoms with Crippen molar-refractivity contribution in [2.45, 2.75) is 12.7 Å². The summed E-state index contributed by atoms with van der Waals surface area (Å²) in [6.45, 7) is 0.263. The molecule has 1 atom stereocenters. The van der Waals surface area contributed by atoms with Crippen molar-refractivity contribution >= 4 is 6.09 Å². The van der Waals surface area contributed by atoms with Crippen LogP contribution in [-0.2, 0) is 11.3 Å². The molecule has 0 bridgehead atoms. The van der Waals surface area contributed by atoms with Crippen molar-refractivity contribution in [3.63, 3.8) is 0 Å². The maximum atomic E-state index is 10.2. The number of nitrogens with one attached hydrogen (secondary N) is 1. The van der Waals surface area contributed by atoms with Crippen LogP contribution in [-0.4, -0.2) is 23.8 Å². The zero-order valence-corrected chi connectivity index (χ0v) is 8.59. The van der Waals surface area contributed by atoms with Crippen LogP contribution < -0.4 is 5.32 Å². The predicted molar refractivity (Wildman–Crippen MR) is 56.7 cm³/mol. The Morgan fingerprint density at radius 2 is 2.19 bits per heavy atom. The lowest BCUT2D eigenvalue weighted by Crippen LogP contribution is -2.31. The average molecular weight is 220 g/mol. The Morgan fingerprint density at radius 1 is 1.50 bits per heavy atom. The van der Waals surface area contributed by atoms with Crippen molar-refractivity contribution in [1.82, 2.24) is 5.32 Å². The Labute approximate surface area is 93.3 Å². The number of benzene rings is 1. The predicted octanol–water partition coefficient (Wildman–Crippen LogP) is 1.36. The fourth-order valence-corrected chi connectivity index (χ4v) is 1.09. The Balaban J connectivity index is 2.35. The first-order valence-electron chi connectivity index (χ1n) is 4.74. The smallest absolute Gasteiger partial charge is 0.404 e. The third kappa shape index (κ3) is 4.44. The largest absolute Gasteiger partial charge is 0.465 e. The van der Waals surface area contributed by atoms with E-state index in [2.05, 4.69) is 5.32 Å². The molecule has 5 nitrogen and oxygen atoms in total. The molecule has 1 aromatic carbocycles. The highest BCUT2D eigenvalue weighted by Crippen LogP contribution is 2.02. The van der Waals surface area contributed by atoms with Crippen LogP contribution in [0.25, 0.3) is 0 Å². The molecule has 0 aliphatic heterocycles. The highest BCUT2D eigenvalue weighted by atomic mass is 16.5. The summed E-state index contributed by atoms with van der Waals surface area (Å²) in [5.74, 6) is 0. The number of hydrogen-bond donors (Lipinski definition) is 2. The lowest BCUT2D eigenvalue weighted by Gasteiger charge is -2.10. The summed E-state index contributed by atoms with van der Waals surface area (Å²) >= 11 is 0. The zero-order chi connectivity index (χ0) is 11.8. The number of nitriles is 1. The Morgan fingerprint density at radius 3 is 2.75 bits per heavy atom. The molecule has 0 heterocycles. The Kier molecular flexibility index (Phi) is 4.83. The second kappa shape index (κ2) is 6.43. The van der Waals surface area contributed by atoms with Gasteiger partial charge in [-0.15, -0.1) is 0 Å². The van der Waals surface area contributed by atoms with Gasteiger partial charge in [0.2, 0.25) is 0 Å². The third-order valence-corrected chi connectivity index (χ3v) is 1.88. The van der Waals surface area contributed by atoms with Crippen LogP contribution in [0.3, 0.4) is 0 Å². The van der Waals surface area contributed by atoms with Gasteiger partial charge in [-0.3, -0.25) is 0 Å². The van der Waals surface area contributed by atoms with E-state index in [1.165, 1.54) is 0 Å². The average Bonchev–Trinajstić information content (AvgIpc) is 2.30. The second-order valence-electron chi connectivity index (χ2n) is 3.10. The minimum absolute atomic E-state index is 0.0291. The summed E-state index contributed by atoms with van der Waals surface area (Å²) in [6, 6.07) is 11.3. The summed E-state index contributed by atoms with van der Waals surface area (Å²) < 4.78 is 5.24. The molecule has 0 aliphatic rings. The molecule has 1 aromatic rings. The van der Waals surface area contributed by atoms with Gasteiger partial charge in [-0.1, -0.05) is 30.3 Å². The van der Waals surface area contributed by atoms with Gasteiger partial charge in [0.05, 0.1) is 19.2 Å². The van der Waals surface area contributed by atoms with Crippen molar-refractivity contribution in [2.75, 3.05) is 6.54 Å². The van der Waals surface area contributed by atoms with E-state index in [0.29, 0.717) is 6.61 Å². The van der Waals surface area contributed by atoms with E-state index >= 15 is 0 Å². The first-order valence-corrected chi connectivity index (χ1v) is 4.74. The van der Waals surface area contributed by atoms with Gasteiger partial charge in [-0.05, 0) is 5.56 Å². The highest BCUT2D eigenvalue weighted by molar-refractivity contribution is 5.64. The van der Waals surface area contributed by atoms with Crippen LogP contribution in [0, 0.1) is 11.3 Å². The van der Waals surface area contributed by atoms with Gasteiger partial charge in [0.1, 0.15) is 0 Å². The summed E-state index contributed by atoms with van der Waals surface area (Å²) in [4.78, 5) is 10.2. The summed E-state index contributed by atoms with van der Waals surface area (Å²) in [6.07, 6.45) is -1.93. The first kappa shape index (κ1) is 12.0. The van der Waals surface area contributed by atoms with Crippen LogP contribution in [0.15, 0.2) is 30.3 Å². The number of ether oxygens (including phenoxy) is 1. The number of carboxylic acid groups (broad SMARTS) is 1. The molecule has 0 fully saturated rings. The monoisotopic (exact) mass is 220 g/mol. The van der Waals surface area contributed by atoms with Gasteiger partial charge in [-0.2, -0.15) is 5.26 Å². The quantitative estimate of drug-likeness (QED) is 0.784. The fraction of sp³-hybridized carbons (Fsp3) is 0.273. The lowest BCUT2D eigenvalue weighted by molar-refractivity contribution is 0.0759. The summed E-state index contributed by atoms with van der Waals surface area (Å²) in [5, 5.41) is 19.2. The molecule has 16 heavy (non-hydrogen) atoms. The molecule has 0 saturated carbocycles. The van der Waals surface area contributed by atoms with Gasteiger partial charge in [0.15, 0.2) is 6.10 Å². The van der Waals surface area contributed by atoms with Crippen LogP contribution in [0.4, 0.5) is 4.79 Å². The zero-order valence-electron chi connectivity index (χ0n) is 8.59. The van der Waals surface area contributed by atoms with Gasteiger partial charge in [0.25, 0.3) is 0 Å². The molecule has 2 N–H and O–H groups in total. The van der Waals surface area contributed by atoms with Gasteiger partial charge < -0.3 is 15.2 Å². The number of rotatable bonds is 5. The number of nitrogens with zero attached hydrogens (tertiary/aromatic N) is 1. The maximum absolute atomic E-state index is 10.2. The van der Waals surface area contributed by atoms with Gasteiger partial charge >= 0.3 is 6.09 Å². The first-order chi connectivity index (χ1) is 7.72. The molecule has 0 saturated heterocycles. The Bertz CT molecular complexity index is 373. The van der Waals surface area contributed by atoms with Crippen LogP contribution in [0.1, 0.15) is 5.56 Å². The molecule has 0 radical (unpaired) electrons. The van der Waals surface area contributed by atoms with Gasteiger partial charge in [0, 0.05) is 0 Å². The molecular formula is C11H12N2O3. The van der Waals surface area contributed by atoms with Crippen molar-refractivity contribution < 1.29 is 14.6 Å². The molecule has 84 valence electrons.